The molecule has 6 rings (SSSR count). The van der Waals surface area contributed by atoms with Crippen LogP contribution in [0, 0.1) is 6.92 Å². The first-order chi connectivity index (χ1) is 17.3. The van der Waals surface area contributed by atoms with Gasteiger partial charge in [0.1, 0.15) is 18.2 Å². The molecule has 5 aromatic rings. The lowest BCUT2D eigenvalue weighted by Gasteiger charge is -2.43. The molecule has 0 fully saturated rings. The zero-order valence-electron chi connectivity index (χ0n) is 24.0. The summed E-state index contributed by atoms with van der Waals surface area (Å²) in [5.41, 5.74) is 9.35. The topological polar surface area (TPSA) is 17.0 Å². The van der Waals surface area contributed by atoms with E-state index in [0.29, 0.717) is 0 Å². The number of fused-ring (bicyclic) bond motifs is 5. The van der Waals surface area contributed by atoms with E-state index in [2.05, 4.69) is 101 Å². The van der Waals surface area contributed by atoms with Crippen LogP contribution < -0.4 is 4.57 Å². The van der Waals surface area contributed by atoms with Crippen molar-refractivity contribution in [3.8, 4) is 11.3 Å². The average molecular weight is 478 g/mol. The molecule has 2 heterocycles. The molecular weight excluding hydrogens is 438 g/mol. The lowest BCUT2D eigenvalue weighted by molar-refractivity contribution is -0.661. The molecule has 2 nitrogen and oxygen atoms in total. The normalized spacial score (nSPS) is 17.5. The van der Waals surface area contributed by atoms with E-state index in [1.165, 1.54) is 38.7 Å². The van der Waals surface area contributed by atoms with Crippen molar-refractivity contribution < 1.29 is 10.4 Å². The summed E-state index contributed by atoms with van der Waals surface area (Å²) in [6.45, 7) is 15.7. The van der Waals surface area contributed by atoms with Gasteiger partial charge >= 0.3 is 0 Å². The van der Waals surface area contributed by atoms with Crippen LogP contribution in [0.2, 0.25) is 0 Å². The second kappa shape index (κ2) is 7.68. The standard InChI is InChI=1S/C34H38NO/c1-20(2)26-19-35(8)31(30-29(26)33(4,5)15-16-34(30,6)7)28-21(3)13-14-24-25-17-22-11-9-10-12-23(22)18-27(25)36-32(24)28/h9-14,17-20H,15-16H2,1-8H3/q+1/i20D. The van der Waals surface area contributed by atoms with Crippen LogP contribution in [0.4, 0.5) is 0 Å². The molecular formula is C34H38NO+. The number of hydrogen-bond acceptors (Lipinski definition) is 1. The Balaban J connectivity index is 1.78. The van der Waals surface area contributed by atoms with Gasteiger partial charge in [-0.15, -0.1) is 0 Å². The van der Waals surface area contributed by atoms with Crippen LogP contribution in [0.25, 0.3) is 44.0 Å². The molecule has 3 aromatic carbocycles. The van der Waals surface area contributed by atoms with Gasteiger partial charge in [-0.2, -0.15) is 0 Å². The van der Waals surface area contributed by atoms with Crippen LogP contribution in [0.3, 0.4) is 0 Å². The van der Waals surface area contributed by atoms with Gasteiger partial charge in [0.05, 0.1) is 5.56 Å². The zero-order valence-corrected chi connectivity index (χ0v) is 23.0. The molecule has 0 saturated heterocycles. The SMILES string of the molecule is [2H]C(C)(C)c1c[n+](C)c(-c2c(C)ccc3c2oc2cc4ccccc4cc23)c2c1C(C)(C)CCC2(C)C. The van der Waals surface area contributed by atoms with Gasteiger partial charge in [0.25, 0.3) is 0 Å². The van der Waals surface area contributed by atoms with Crippen molar-refractivity contribution in [2.75, 3.05) is 0 Å². The second-order valence-corrected chi connectivity index (χ2v) is 12.5. The van der Waals surface area contributed by atoms with Gasteiger partial charge in [-0.1, -0.05) is 77.9 Å². The fourth-order valence-electron chi connectivity index (χ4n) is 6.59. The highest BCUT2D eigenvalue weighted by molar-refractivity contribution is 6.13. The Morgan fingerprint density at radius 3 is 2.19 bits per heavy atom. The number of hydrogen-bond donors (Lipinski definition) is 0. The first-order valence-electron chi connectivity index (χ1n) is 13.7. The Kier molecular flexibility index (Phi) is 4.72. The molecule has 0 atom stereocenters. The fourth-order valence-corrected chi connectivity index (χ4v) is 6.59. The molecule has 2 aromatic heterocycles. The highest BCUT2D eigenvalue weighted by atomic mass is 16.3. The maximum Gasteiger partial charge on any atom is 0.220 e. The number of aromatic nitrogens is 1. The zero-order chi connectivity index (χ0) is 26.5. The van der Waals surface area contributed by atoms with E-state index in [9.17, 15) is 0 Å². The minimum Gasteiger partial charge on any atom is -0.455 e. The van der Waals surface area contributed by atoms with Crippen molar-refractivity contribution in [1.29, 1.82) is 0 Å². The Bertz CT molecular complexity index is 1730. The number of rotatable bonds is 2. The van der Waals surface area contributed by atoms with Crippen molar-refractivity contribution >= 4 is 32.7 Å². The molecule has 1 aliphatic rings. The van der Waals surface area contributed by atoms with Crippen LogP contribution >= 0.6 is 0 Å². The summed E-state index contributed by atoms with van der Waals surface area (Å²) in [6.07, 6.45) is 4.45. The van der Waals surface area contributed by atoms with Crippen LogP contribution in [0.1, 0.15) is 83.9 Å². The van der Waals surface area contributed by atoms with Gasteiger partial charge in [-0.3, -0.25) is 0 Å². The van der Waals surface area contributed by atoms with E-state index in [-0.39, 0.29) is 10.8 Å². The van der Waals surface area contributed by atoms with Crippen LogP contribution in [-0.4, -0.2) is 0 Å². The number of furan rings is 1. The minimum absolute atomic E-state index is 0.00504. The lowest BCUT2D eigenvalue weighted by atomic mass is 9.60. The van der Waals surface area contributed by atoms with Gasteiger partial charge in [0, 0.05) is 23.3 Å². The number of nitrogens with zero attached hydrogens (tertiary/aromatic N) is 1. The third kappa shape index (κ3) is 3.26. The molecule has 0 saturated carbocycles. The molecule has 1 aliphatic carbocycles. The van der Waals surface area contributed by atoms with Crippen molar-refractivity contribution in [2.24, 2.45) is 7.05 Å². The second-order valence-electron chi connectivity index (χ2n) is 12.5. The molecule has 0 unspecified atom stereocenters. The van der Waals surface area contributed by atoms with Gasteiger partial charge in [-0.25, -0.2) is 4.57 Å². The van der Waals surface area contributed by atoms with Gasteiger partial charge < -0.3 is 4.42 Å². The van der Waals surface area contributed by atoms with E-state index in [4.69, 9.17) is 5.79 Å². The summed E-state index contributed by atoms with van der Waals surface area (Å²) in [6, 6.07) is 17.4. The van der Waals surface area contributed by atoms with Crippen molar-refractivity contribution in [2.45, 2.75) is 78.0 Å². The molecule has 2 heteroatoms. The summed E-state index contributed by atoms with van der Waals surface area (Å²) >= 11 is 0. The largest absolute Gasteiger partial charge is 0.455 e. The first-order valence-corrected chi connectivity index (χ1v) is 13.2. The maximum absolute atomic E-state index is 9.08. The van der Waals surface area contributed by atoms with Gasteiger partial charge in [-0.05, 0) is 70.5 Å². The van der Waals surface area contributed by atoms with E-state index >= 15 is 0 Å². The Hall–Kier alpha value is -3.13. The van der Waals surface area contributed by atoms with Crippen molar-refractivity contribution in [1.82, 2.24) is 0 Å². The maximum atomic E-state index is 9.08. The van der Waals surface area contributed by atoms with Crippen molar-refractivity contribution in [3.63, 3.8) is 0 Å². The predicted octanol–water partition coefficient (Wildman–Crippen LogP) is 9.01. The quantitative estimate of drug-likeness (QED) is 0.232. The molecule has 0 amide bonds. The molecule has 36 heavy (non-hydrogen) atoms. The molecule has 0 N–H and O–H groups in total. The van der Waals surface area contributed by atoms with Gasteiger partial charge in [0.2, 0.25) is 5.69 Å². The summed E-state index contributed by atoms with van der Waals surface area (Å²) in [7, 11) is 2.15. The number of benzene rings is 3. The summed E-state index contributed by atoms with van der Waals surface area (Å²) in [5.74, 6) is -0.689. The minimum atomic E-state index is -0.689. The van der Waals surface area contributed by atoms with E-state index < -0.39 is 5.89 Å². The third-order valence-electron chi connectivity index (χ3n) is 8.65. The highest BCUT2D eigenvalue weighted by Gasteiger charge is 2.45. The van der Waals surface area contributed by atoms with E-state index in [0.717, 1.165) is 40.3 Å². The summed E-state index contributed by atoms with van der Waals surface area (Å²) in [5, 5.41) is 4.75. The predicted molar refractivity (Wildman–Crippen MR) is 152 cm³/mol. The van der Waals surface area contributed by atoms with E-state index in [1.54, 1.807) is 0 Å². The lowest BCUT2D eigenvalue weighted by Crippen LogP contribution is -2.43. The van der Waals surface area contributed by atoms with Crippen molar-refractivity contribution in [3.05, 3.63) is 77.0 Å². The van der Waals surface area contributed by atoms with Crippen LogP contribution in [-0.2, 0) is 17.9 Å². The van der Waals surface area contributed by atoms with Crippen LogP contribution in [0.15, 0.2) is 59.1 Å². The summed E-state index contributed by atoms with van der Waals surface area (Å²) < 4.78 is 18.1. The summed E-state index contributed by atoms with van der Waals surface area (Å²) in [4.78, 5) is 0. The Morgan fingerprint density at radius 1 is 0.889 bits per heavy atom. The van der Waals surface area contributed by atoms with E-state index in [1.807, 2.05) is 13.8 Å². The third-order valence-corrected chi connectivity index (χ3v) is 8.65. The molecule has 0 radical (unpaired) electrons. The number of pyridine rings is 1. The first kappa shape index (κ1) is 22.1. The monoisotopic (exact) mass is 477 g/mol. The Labute approximate surface area is 216 Å². The molecule has 0 bridgehead atoms. The Morgan fingerprint density at radius 2 is 1.53 bits per heavy atom. The average Bonchev–Trinajstić information content (AvgIpc) is 3.17. The molecule has 184 valence electrons. The number of aryl methyl sites for hydroxylation is 2. The smallest absolute Gasteiger partial charge is 0.220 e. The molecule has 0 aliphatic heterocycles. The molecule has 0 spiro atoms. The highest BCUT2D eigenvalue weighted by Crippen LogP contribution is 2.52. The van der Waals surface area contributed by atoms with Gasteiger partial charge in [0.15, 0.2) is 6.20 Å². The fraction of sp³-hybridized carbons (Fsp3) is 0.382. The van der Waals surface area contributed by atoms with Crippen LogP contribution in [0.5, 0.6) is 0 Å².